The molecular formula is C17H29IN4O2S2. The summed E-state index contributed by atoms with van der Waals surface area (Å²) in [6.45, 7) is 9.72. The van der Waals surface area contributed by atoms with Crippen LogP contribution in [0.15, 0.2) is 34.2 Å². The summed E-state index contributed by atoms with van der Waals surface area (Å²) in [5.41, 5.74) is 0.828. The molecule has 9 heteroatoms. The standard InChI is InChI=1S/C17H28N4O2S2.HI/c1-4-19-17(21-8-9-24-16(12-21)13(2)3)20-11-14-6-5-7-15(10-14)25(18,22)23;/h5-7,10,13,16H,4,8-9,11-12H2,1-3H3,(H,19,20)(H2,18,22,23);1H. The van der Waals surface area contributed by atoms with Crippen LogP contribution >= 0.6 is 35.7 Å². The highest BCUT2D eigenvalue weighted by atomic mass is 127. The highest BCUT2D eigenvalue weighted by Gasteiger charge is 2.24. The molecule has 26 heavy (non-hydrogen) atoms. The van der Waals surface area contributed by atoms with Crippen molar-refractivity contribution in [3.05, 3.63) is 29.8 Å². The van der Waals surface area contributed by atoms with E-state index in [-0.39, 0.29) is 28.9 Å². The van der Waals surface area contributed by atoms with Gasteiger partial charge in [0.05, 0.1) is 11.4 Å². The molecule has 0 aromatic heterocycles. The largest absolute Gasteiger partial charge is 0.357 e. The van der Waals surface area contributed by atoms with Gasteiger partial charge in [0.25, 0.3) is 0 Å². The fourth-order valence-corrected chi connectivity index (χ4v) is 4.57. The van der Waals surface area contributed by atoms with Gasteiger partial charge in [-0.1, -0.05) is 26.0 Å². The molecule has 0 saturated carbocycles. The molecule has 1 heterocycles. The quantitative estimate of drug-likeness (QED) is 0.360. The van der Waals surface area contributed by atoms with Crippen molar-refractivity contribution in [2.24, 2.45) is 16.0 Å². The van der Waals surface area contributed by atoms with E-state index >= 15 is 0 Å². The van der Waals surface area contributed by atoms with Crippen LogP contribution in [0.3, 0.4) is 0 Å². The van der Waals surface area contributed by atoms with Crippen molar-refractivity contribution in [1.29, 1.82) is 0 Å². The molecule has 1 aliphatic heterocycles. The second-order valence-corrected chi connectivity index (χ2v) is 9.37. The Morgan fingerprint density at radius 3 is 2.81 bits per heavy atom. The van der Waals surface area contributed by atoms with Gasteiger partial charge in [0.2, 0.25) is 10.0 Å². The zero-order chi connectivity index (χ0) is 18.4. The van der Waals surface area contributed by atoms with E-state index in [9.17, 15) is 8.42 Å². The zero-order valence-corrected chi connectivity index (χ0v) is 19.5. The molecule has 1 unspecified atom stereocenters. The first-order valence-electron chi connectivity index (χ1n) is 8.58. The minimum atomic E-state index is -3.69. The van der Waals surface area contributed by atoms with Crippen LogP contribution in [0.2, 0.25) is 0 Å². The summed E-state index contributed by atoms with van der Waals surface area (Å²) in [5, 5.41) is 9.15. The van der Waals surface area contributed by atoms with Crippen molar-refractivity contribution in [2.75, 3.05) is 25.4 Å². The summed E-state index contributed by atoms with van der Waals surface area (Å²) in [7, 11) is -3.69. The van der Waals surface area contributed by atoms with Crippen LogP contribution in [-0.2, 0) is 16.6 Å². The van der Waals surface area contributed by atoms with Gasteiger partial charge in [-0.05, 0) is 30.5 Å². The molecule has 1 saturated heterocycles. The van der Waals surface area contributed by atoms with Crippen molar-refractivity contribution in [3.63, 3.8) is 0 Å². The van der Waals surface area contributed by atoms with Gasteiger partial charge >= 0.3 is 0 Å². The summed E-state index contributed by atoms with van der Waals surface area (Å²) >= 11 is 2.02. The smallest absolute Gasteiger partial charge is 0.238 e. The summed E-state index contributed by atoms with van der Waals surface area (Å²) in [4.78, 5) is 7.14. The number of benzene rings is 1. The van der Waals surface area contributed by atoms with Crippen LogP contribution in [-0.4, -0.2) is 49.9 Å². The van der Waals surface area contributed by atoms with Crippen molar-refractivity contribution >= 4 is 51.7 Å². The molecule has 1 aromatic carbocycles. The Balaban J connectivity index is 0.00000338. The number of rotatable bonds is 5. The summed E-state index contributed by atoms with van der Waals surface area (Å²) in [5.74, 6) is 2.60. The summed E-state index contributed by atoms with van der Waals surface area (Å²) in [6, 6.07) is 6.66. The number of nitrogens with zero attached hydrogens (tertiary/aromatic N) is 2. The minimum absolute atomic E-state index is 0. The number of nitrogens with two attached hydrogens (primary N) is 1. The third-order valence-corrected chi connectivity index (χ3v) is 6.56. The average molecular weight is 512 g/mol. The number of aliphatic imine (C=N–C) groups is 1. The fourth-order valence-electron chi connectivity index (χ4n) is 2.68. The molecule has 1 atom stereocenters. The number of thioether (sulfide) groups is 1. The lowest BCUT2D eigenvalue weighted by molar-refractivity contribution is 0.381. The number of hydrogen-bond acceptors (Lipinski definition) is 4. The van der Waals surface area contributed by atoms with E-state index in [4.69, 9.17) is 10.1 Å². The Morgan fingerprint density at radius 1 is 1.46 bits per heavy atom. The second-order valence-electron chi connectivity index (χ2n) is 6.46. The van der Waals surface area contributed by atoms with Crippen LogP contribution in [0.1, 0.15) is 26.3 Å². The maximum Gasteiger partial charge on any atom is 0.238 e. The number of nitrogens with one attached hydrogen (secondary N) is 1. The third kappa shape index (κ3) is 6.90. The molecule has 0 spiro atoms. The van der Waals surface area contributed by atoms with E-state index in [1.165, 1.54) is 6.07 Å². The Bertz CT molecular complexity index is 710. The zero-order valence-electron chi connectivity index (χ0n) is 15.5. The predicted molar refractivity (Wildman–Crippen MR) is 121 cm³/mol. The fraction of sp³-hybridized carbons (Fsp3) is 0.588. The molecule has 0 amide bonds. The van der Waals surface area contributed by atoms with E-state index in [1.807, 2.05) is 17.8 Å². The first-order chi connectivity index (χ1) is 11.8. The number of primary sulfonamides is 1. The van der Waals surface area contributed by atoms with E-state index in [2.05, 4.69) is 31.0 Å². The molecule has 1 fully saturated rings. The van der Waals surface area contributed by atoms with Crippen LogP contribution in [0, 0.1) is 5.92 Å². The normalized spacial score (nSPS) is 18.6. The SMILES string of the molecule is CCNC(=NCc1cccc(S(N)(=O)=O)c1)N1CCSC(C(C)C)C1.I. The first-order valence-corrected chi connectivity index (χ1v) is 11.2. The summed E-state index contributed by atoms with van der Waals surface area (Å²) < 4.78 is 23.0. The number of guanidine groups is 1. The van der Waals surface area contributed by atoms with Crippen molar-refractivity contribution < 1.29 is 8.42 Å². The molecule has 6 nitrogen and oxygen atoms in total. The molecule has 1 aromatic rings. The number of sulfonamides is 1. The Morgan fingerprint density at radius 2 is 2.19 bits per heavy atom. The van der Waals surface area contributed by atoms with Gasteiger partial charge in [0.1, 0.15) is 0 Å². The molecule has 0 bridgehead atoms. The molecule has 2 rings (SSSR count). The van der Waals surface area contributed by atoms with Crippen LogP contribution in [0.25, 0.3) is 0 Å². The van der Waals surface area contributed by atoms with Crippen molar-refractivity contribution in [1.82, 2.24) is 10.2 Å². The van der Waals surface area contributed by atoms with Gasteiger partial charge < -0.3 is 10.2 Å². The van der Waals surface area contributed by atoms with E-state index in [0.29, 0.717) is 17.7 Å². The lowest BCUT2D eigenvalue weighted by Crippen LogP contribution is -2.49. The third-order valence-electron chi connectivity index (χ3n) is 4.11. The van der Waals surface area contributed by atoms with Gasteiger partial charge in [0, 0.05) is 30.6 Å². The van der Waals surface area contributed by atoms with E-state index < -0.39 is 10.0 Å². The first kappa shape index (κ1) is 23.5. The van der Waals surface area contributed by atoms with Gasteiger partial charge in [-0.15, -0.1) is 24.0 Å². The van der Waals surface area contributed by atoms with Gasteiger partial charge in [-0.25, -0.2) is 18.5 Å². The number of halogens is 1. The predicted octanol–water partition coefficient (Wildman–Crippen LogP) is 2.49. The maximum absolute atomic E-state index is 11.5. The molecule has 1 aliphatic rings. The average Bonchev–Trinajstić information content (AvgIpc) is 2.58. The van der Waals surface area contributed by atoms with Crippen LogP contribution < -0.4 is 10.5 Å². The molecule has 3 N–H and O–H groups in total. The minimum Gasteiger partial charge on any atom is -0.357 e. The highest BCUT2D eigenvalue weighted by Crippen LogP contribution is 2.25. The second kappa shape index (κ2) is 10.7. The van der Waals surface area contributed by atoms with E-state index in [1.54, 1.807) is 12.1 Å². The molecular weight excluding hydrogens is 483 g/mol. The topological polar surface area (TPSA) is 87.8 Å². The molecule has 148 valence electrons. The van der Waals surface area contributed by atoms with E-state index in [0.717, 1.165) is 36.9 Å². The summed E-state index contributed by atoms with van der Waals surface area (Å²) in [6.07, 6.45) is 0. The van der Waals surface area contributed by atoms with Crippen molar-refractivity contribution in [3.8, 4) is 0 Å². The maximum atomic E-state index is 11.5. The Hall–Kier alpha value is -0.520. The monoisotopic (exact) mass is 512 g/mol. The number of hydrogen-bond donors (Lipinski definition) is 2. The van der Waals surface area contributed by atoms with Crippen molar-refractivity contribution in [2.45, 2.75) is 37.5 Å². The molecule has 0 aliphatic carbocycles. The highest BCUT2D eigenvalue weighted by molar-refractivity contribution is 14.0. The van der Waals surface area contributed by atoms with Crippen LogP contribution in [0.4, 0.5) is 0 Å². The lowest BCUT2D eigenvalue weighted by Gasteiger charge is -2.36. The lowest BCUT2D eigenvalue weighted by atomic mass is 10.1. The Labute approximate surface area is 178 Å². The van der Waals surface area contributed by atoms with Gasteiger partial charge in [0.15, 0.2) is 5.96 Å². The molecule has 0 radical (unpaired) electrons. The van der Waals surface area contributed by atoms with Gasteiger partial charge in [-0.3, -0.25) is 0 Å². The van der Waals surface area contributed by atoms with Crippen LogP contribution in [0.5, 0.6) is 0 Å². The Kier molecular flexibility index (Phi) is 9.70. The van der Waals surface area contributed by atoms with Gasteiger partial charge in [-0.2, -0.15) is 11.8 Å².